The minimum Gasteiger partial charge on any atom is -0.461 e. The number of benzene rings is 2. The molecule has 3 aliphatic rings. The monoisotopic (exact) mass is 652 g/mol. The zero-order chi connectivity index (χ0) is 31.5. The van der Waals surface area contributed by atoms with E-state index in [-0.39, 0.29) is 35.8 Å². The van der Waals surface area contributed by atoms with E-state index in [4.69, 9.17) is 32.9 Å². The van der Waals surface area contributed by atoms with Gasteiger partial charge in [-0.25, -0.2) is 8.78 Å². The van der Waals surface area contributed by atoms with Crippen LogP contribution >= 0.6 is 23.2 Å². The maximum absolute atomic E-state index is 16.7. The summed E-state index contributed by atoms with van der Waals surface area (Å²) in [5.74, 6) is -0.352. The number of nitrogens with zero attached hydrogens (tertiary/aromatic N) is 6. The number of hydrogen-bond acceptors (Lipinski definition) is 7. The molecule has 3 saturated heterocycles. The van der Waals surface area contributed by atoms with Gasteiger partial charge in [-0.3, -0.25) is 14.7 Å². The molecule has 3 aliphatic heterocycles. The number of likely N-dealkylation sites (tertiary alicyclic amines) is 1. The van der Waals surface area contributed by atoms with Gasteiger partial charge in [0, 0.05) is 61.3 Å². The number of hydrogen-bond donors (Lipinski definition) is 0. The van der Waals surface area contributed by atoms with Crippen molar-refractivity contribution >= 4 is 56.6 Å². The number of likely N-dealkylation sites (N-methyl/N-ethyl adjacent to an activating group) is 1. The smallest absolute Gasteiger partial charge is 0.319 e. The van der Waals surface area contributed by atoms with Gasteiger partial charge in [-0.15, -0.1) is 0 Å². The lowest BCUT2D eigenvalue weighted by Gasteiger charge is -2.31. The Labute approximate surface area is 269 Å². The molecule has 0 saturated carbocycles. The molecular formula is C33H32Cl2F2N6O2. The third-order valence-electron chi connectivity index (χ3n) is 9.55. The normalized spacial score (nSPS) is 23.2. The van der Waals surface area contributed by atoms with Gasteiger partial charge in [-0.05, 0) is 49.4 Å². The highest BCUT2D eigenvalue weighted by atomic mass is 35.5. The van der Waals surface area contributed by atoms with Crippen LogP contribution in [0.3, 0.4) is 0 Å². The number of carbonyl (C=O) groups is 1. The van der Waals surface area contributed by atoms with E-state index >= 15 is 4.39 Å². The van der Waals surface area contributed by atoms with Crippen LogP contribution in [0.4, 0.5) is 14.6 Å². The number of rotatable bonds is 7. The minimum atomic E-state index is -0.912. The van der Waals surface area contributed by atoms with E-state index in [0.29, 0.717) is 64.7 Å². The highest BCUT2D eigenvalue weighted by molar-refractivity contribution is 6.39. The summed E-state index contributed by atoms with van der Waals surface area (Å²) in [5, 5.41) is 2.63. The second kappa shape index (κ2) is 11.6. The van der Waals surface area contributed by atoms with Gasteiger partial charge in [0.05, 0.1) is 15.9 Å². The van der Waals surface area contributed by atoms with E-state index in [0.717, 1.165) is 24.8 Å². The van der Waals surface area contributed by atoms with Crippen molar-refractivity contribution < 1.29 is 18.3 Å². The van der Waals surface area contributed by atoms with Crippen molar-refractivity contribution in [1.82, 2.24) is 24.8 Å². The Morgan fingerprint density at radius 2 is 2.09 bits per heavy atom. The number of anilines is 1. The van der Waals surface area contributed by atoms with E-state index in [1.54, 1.807) is 35.4 Å². The van der Waals surface area contributed by atoms with Crippen molar-refractivity contribution in [1.29, 1.82) is 0 Å². The average Bonchev–Trinajstić information content (AvgIpc) is 3.74. The van der Waals surface area contributed by atoms with Crippen molar-refractivity contribution in [3.8, 4) is 17.3 Å². The first-order valence-electron chi connectivity index (χ1n) is 15.1. The number of pyridine rings is 1. The SMILES string of the molecule is C=CC(=O)N1CC[C@@H](N(C)c2nc(OC[C@@]34CCCN3C[C@H](F)C4)nc3c(F)c(-c4cccc5cc(Cl)cc(Cl)c45)ncc23)C1. The molecule has 0 bridgehead atoms. The first-order valence-corrected chi connectivity index (χ1v) is 15.8. The first kappa shape index (κ1) is 30.1. The largest absolute Gasteiger partial charge is 0.461 e. The van der Waals surface area contributed by atoms with Gasteiger partial charge < -0.3 is 14.5 Å². The fraction of sp³-hybridized carbons (Fsp3) is 0.394. The maximum Gasteiger partial charge on any atom is 0.319 e. The molecule has 3 fully saturated rings. The van der Waals surface area contributed by atoms with E-state index in [9.17, 15) is 9.18 Å². The first-order chi connectivity index (χ1) is 21.7. The van der Waals surface area contributed by atoms with Gasteiger partial charge in [0.15, 0.2) is 5.82 Å². The number of fused-ring (bicyclic) bond motifs is 3. The fourth-order valence-electron chi connectivity index (χ4n) is 7.29. The summed E-state index contributed by atoms with van der Waals surface area (Å²) in [5.41, 5.74) is 0.195. The molecule has 7 rings (SSSR count). The Morgan fingerprint density at radius 1 is 1.24 bits per heavy atom. The zero-order valence-corrected chi connectivity index (χ0v) is 26.3. The second-order valence-electron chi connectivity index (χ2n) is 12.2. The Hall–Kier alpha value is -3.60. The Morgan fingerprint density at radius 3 is 2.91 bits per heavy atom. The molecule has 0 aliphatic carbocycles. The highest BCUT2D eigenvalue weighted by Gasteiger charge is 2.49. The van der Waals surface area contributed by atoms with E-state index in [1.807, 2.05) is 18.0 Å². The summed E-state index contributed by atoms with van der Waals surface area (Å²) in [6.07, 6.45) is 4.82. The van der Waals surface area contributed by atoms with Crippen LogP contribution in [0.5, 0.6) is 6.01 Å². The fourth-order valence-corrected chi connectivity index (χ4v) is 7.90. The van der Waals surface area contributed by atoms with Gasteiger partial charge in [-0.1, -0.05) is 48.0 Å². The van der Waals surface area contributed by atoms with Crippen LogP contribution < -0.4 is 9.64 Å². The molecule has 0 unspecified atom stereocenters. The Balaban J connectivity index is 1.33. The molecule has 12 heteroatoms. The molecule has 5 heterocycles. The van der Waals surface area contributed by atoms with Crippen molar-refractivity contribution in [3.05, 3.63) is 65.0 Å². The number of ether oxygens (including phenoxy) is 1. The molecule has 45 heavy (non-hydrogen) atoms. The second-order valence-corrected chi connectivity index (χ2v) is 13.1. The maximum atomic E-state index is 16.7. The van der Waals surface area contributed by atoms with E-state index < -0.39 is 17.5 Å². The molecular weight excluding hydrogens is 621 g/mol. The van der Waals surface area contributed by atoms with Crippen LogP contribution in [0.2, 0.25) is 10.0 Å². The lowest BCUT2D eigenvalue weighted by atomic mass is 9.95. The van der Waals surface area contributed by atoms with Crippen LogP contribution in [0.1, 0.15) is 25.7 Å². The number of amides is 1. The third-order valence-corrected chi connectivity index (χ3v) is 10.1. The van der Waals surface area contributed by atoms with Crippen LogP contribution in [0.25, 0.3) is 32.9 Å². The van der Waals surface area contributed by atoms with E-state index in [1.165, 1.54) is 6.08 Å². The summed E-state index contributed by atoms with van der Waals surface area (Å²) >= 11 is 12.8. The molecule has 234 valence electrons. The van der Waals surface area contributed by atoms with Gasteiger partial charge in [0.25, 0.3) is 0 Å². The number of alkyl halides is 1. The molecule has 2 aromatic carbocycles. The molecule has 0 spiro atoms. The van der Waals surface area contributed by atoms with Gasteiger partial charge in [0.1, 0.15) is 29.8 Å². The molecule has 2 aromatic heterocycles. The van der Waals surface area contributed by atoms with Crippen molar-refractivity contribution in [2.75, 3.05) is 44.7 Å². The Kier molecular flexibility index (Phi) is 7.78. The van der Waals surface area contributed by atoms with Crippen LogP contribution in [0.15, 0.2) is 49.2 Å². The summed E-state index contributed by atoms with van der Waals surface area (Å²) < 4.78 is 37.4. The molecule has 0 radical (unpaired) electrons. The summed E-state index contributed by atoms with van der Waals surface area (Å²) in [7, 11) is 1.86. The molecule has 8 nitrogen and oxygen atoms in total. The Bertz CT molecular complexity index is 1840. The lowest BCUT2D eigenvalue weighted by Crippen LogP contribution is -2.43. The highest BCUT2D eigenvalue weighted by Crippen LogP contribution is 2.42. The summed E-state index contributed by atoms with van der Waals surface area (Å²) in [4.78, 5) is 32.0. The summed E-state index contributed by atoms with van der Waals surface area (Å²) in [6, 6.07) is 8.72. The van der Waals surface area contributed by atoms with Crippen LogP contribution in [-0.4, -0.2) is 88.2 Å². The lowest BCUT2D eigenvalue weighted by molar-refractivity contribution is -0.125. The topological polar surface area (TPSA) is 74.7 Å². The van der Waals surface area contributed by atoms with Crippen LogP contribution in [-0.2, 0) is 4.79 Å². The average molecular weight is 654 g/mol. The van der Waals surface area contributed by atoms with Gasteiger partial charge in [0.2, 0.25) is 5.91 Å². The predicted molar refractivity (Wildman–Crippen MR) is 172 cm³/mol. The molecule has 0 N–H and O–H groups in total. The molecule has 4 aromatic rings. The minimum absolute atomic E-state index is 0.00341. The standard InChI is InChI=1S/C33H32Cl2F2N6O2/c1-3-26(44)42-11-8-22(17-42)41(2)31-24-15-38-29(23-7-4-6-19-12-20(34)13-25(35)27(19)23)28(37)30(24)39-32(40-31)45-18-33-9-5-10-43(33)16-21(36)14-33/h3-4,6-7,12-13,15,21-22H,1,5,8-11,14,16-18H2,2H3/t21-,22-,33+/m1/s1. The third kappa shape index (κ3) is 5.26. The number of halogens is 4. The number of aromatic nitrogens is 3. The van der Waals surface area contributed by atoms with Crippen molar-refractivity contribution in [3.63, 3.8) is 0 Å². The summed E-state index contributed by atoms with van der Waals surface area (Å²) in [6.45, 7) is 6.04. The zero-order valence-electron chi connectivity index (χ0n) is 24.8. The molecule has 1 amide bonds. The molecule has 3 atom stereocenters. The van der Waals surface area contributed by atoms with Crippen molar-refractivity contribution in [2.45, 2.75) is 43.4 Å². The van der Waals surface area contributed by atoms with Crippen molar-refractivity contribution in [2.24, 2.45) is 0 Å². The van der Waals surface area contributed by atoms with Gasteiger partial charge in [-0.2, -0.15) is 9.97 Å². The predicted octanol–water partition coefficient (Wildman–Crippen LogP) is 6.47. The quantitative estimate of drug-likeness (QED) is 0.212. The van der Waals surface area contributed by atoms with E-state index in [2.05, 4.69) is 21.4 Å². The van der Waals surface area contributed by atoms with Crippen LogP contribution in [0, 0.1) is 5.82 Å². The number of carbonyl (C=O) groups excluding carboxylic acids is 1. The van der Waals surface area contributed by atoms with Gasteiger partial charge >= 0.3 is 6.01 Å².